The third-order valence-corrected chi connectivity index (χ3v) is 2.04. The molecular formula is C6H9F3N2O2. The molecule has 1 heterocycles. The van der Waals surface area contributed by atoms with Crippen molar-refractivity contribution in [2.24, 2.45) is 0 Å². The molecule has 13 heavy (non-hydrogen) atoms. The van der Waals surface area contributed by atoms with Gasteiger partial charge >= 0.3 is 12.3 Å². The fraction of sp³-hybridized carbons (Fsp3) is 0.833. The van der Waals surface area contributed by atoms with Crippen LogP contribution < -0.4 is 10.6 Å². The van der Waals surface area contributed by atoms with Crippen LogP contribution in [0.15, 0.2) is 0 Å². The molecule has 1 amide bonds. The van der Waals surface area contributed by atoms with E-state index in [1.165, 1.54) is 5.32 Å². The van der Waals surface area contributed by atoms with Crippen molar-refractivity contribution in [1.82, 2.24) is 10.6 Å². The fourth-order valence-electron chi connectivity index (χ4n) is 1.32. The highest BCUT2D eigenvalue weighted by Crippen LogP contribution is 2.34. The maximum absolute atomic E-state index is 12.4. The number of hydrogen-bond donors (Lipinski definition) is 3. The smallest absolute Gasteiger partial charge is 0.412 e. The van der Waals surface area contributed by atoms with E-state index in [2.05, 4.69) is 5.32 Å². The second kappa shape index (κ2) is 3.06. The largest absolute Gasteiger partial charge is 0.465 e. The van der Waals surface area contributed by atoms with E-state index in [-0.39, 0.29) is 13.0 Å². The van der Waals surface area contributed by atoms with Gasteiger partial charge in [-0.1, -0.05) is 0 Å². The molecule has 1 aliphatic heterocycles. The molecule has 0 aliphatic carbocycles. The Labute approximate surface area is 72.1 Å². The van der Waals surface area contributed by atoms with E-state index in [9.17, 15) is 18.0 Å². The summed E-state index contributed by atoms with van der Waals surface area (Å²) in [5.74, 6) is 0. The molecule has 0 bridgehead atoms. The van der Waals surface area contributed by atoms with Crippen molar-refractivity contribution in [3.05, 3.63) is 0 Å². The number of carbonyl (C=O) groups is 1. The molecule has 4 nitrogen and oxygen atoms in total. The highest BCUT2D eigenvalue weighted by atomic mass is 19.4. The van der Waals surface area contributed by atoms with Crippen LogP contribution in [0.5, 0.6) is 0 Å². The lowest BCUT2D eigenvalue weighted by molar-refractivity contribution is -0.188. The highest BCUT2D eigenvalue weighted by Gasteiger charge is 2.57. The highest BCUT2D eigenvalue weighted by molar-refractivity contribution is 5.66. The summed E-state index contributed by atoms with van der Waals surface area (Å²) in [7, 11) is 0. The summed E-state index contributed by atoms with van der Waals surface area (Å²) >= 11 is 0. The molecule has 0 aromatic rings. The molecule has 0 aromatic carbocycles. The Bertz CT molecular complexity index is 210. The normalized spacial score (nSPS) is 28.8. The summed E-state index contributed by atoms with van der Waals surface area (Å²) in [4.78, 5) is 10.2. The first-order valence-electron chi connectivity index (χ1n) is 3.66. The van der Waals surface area contributed by atoms with Gasteiger partial charge in [0.05, 0.1) is 0 Å². The Balaban J connectivity index is 2.81. The van der Waals surface area contributed by atoms with Crippen molar-refractivity contribution < 1.29 is 23.1 Å². The van der Waals surface area contributed by atoms with Gasteiger partial charge in [0.1, 0.15) is 0 Å². The quantitative estimate of drug-likeness (QED) is 0.576. The van der Waals surface area contributed by atoms with Gasteiger partial charge in [0, 0.05) is 6.54 Å². The Morgan fingerprint density at radius 1 is 1.54 bits per heavy atom. The average Bonchev–Trinajstić information content (AvgIpc) is 2.33. The van der Waals surface area contributed by atoms with Crippen molar-refractivity contribution in [3.8, 4) is 0 Å². The minimum atomic E-state index is -4.55. The predicted molar refractivity (Wildman–Crippen MR) is 37.4 cm³/mol. The molecule has 76 valence electrons. The first-order valence-corrected chi connectivity index (χ1v) is 3.66. The molecule has 0 aromatic heterocycles. The number of carboxylic acid groups (broad SMARTS) is 1. The number of hydrogen-bond acceptors (Lipinski definition) is 2. The Kier molecular flexibility index (Phi) is 2.38. The SMILES string of the molecule is O=C(O)NC1(C(F)(F)F)CCNC1. The van der Waals surface area contributed by atoms with E-state index in [0.717, 1.165) is 0 Å². The molecule has 1 unspecified atom stereocenters. The lowest BCUT2D eigenvalue weighted by atomic mass is 9.98. The molecule has 7 heteroatoms. The molecule has 1 fully saturated rings. The maximum Gasteiger partial charge on any atom is 0.412 e. The van der Waals surface area contributed by atoms with Gasteiger partial charge in [-0.15, -0.1) is 0 Å². The van der Waals surface area contributed by atoms with Gasteiger partial charge in [-0.25, -0.2) is 4.79 Å². The zero-order valence-corrected chi connectivity index (χ0v) is 6.61. The van der Waals surface area contributed by atoms with Crippen LogP contribution in [0.25, 0.3) is 0 Å². The van der Waals surface area contributed by atoms with Gasteiger partial charge in [0.15, 0.2) is 5.54 Å². The van der Waals surface area contributed by atoms with Gasteiger partial charge in [-0.3, -0.25) is 0 Å². The van der Waals surface area contributed by atoms with Crippen LogP contribution in [0.2, 0.25) is 0 Å². The topological polar surface area (TPSA) is 61.4 Å². The lowest BCUT2D eigenvalue weighted by Gasteiger charge is -2.30. The van der Waals surface area contributed by atoms with Crippen LogP contribution >= 0.6 is 0 Å². The molecule has 1 atom stereocenters. The minimum absolute atomic E-state index is 0.166. The zero-order chi connectivity index (χ0) is 10.1. The third-order valence-electron chi connectivity index (χ3n) is 2.04. The lowest BCUT2D eigenvalue weighted by Crippen LogP contribution is -2.59. The second-order valence-electron chi connectivity index (χ2n) is 2.94. The van der Waals surface area contributed by atoms with Crippen LogP contribution in [0.1, 0.15) is 6.42 Å². The summed E-state index contributed by atoms with van der Waals surface area (Å²) in [5, 5.41) is 12.3. The third kappa shape index (κ3) is 1.85. The van der Waals surface area contributed by atoms with Crippen molar-refractivity contribution in [2.75, 3.05) is 13.1 Å². The van der Waals surface area contributed by atoms with Gasteiger partial charge in [-0.05, 0) is 13.0 Å². The van der Waals surface area contributed by atoms with Gasteiger partial charge in [-0.2, -0.15) is 13.2 Å². The summed E-state index contributed by atoms with van der Waals surface area (Å²) in [6, 6.07) is 0. The van der Waals surface area contributed by atoms with Crippen LogP contribution in [-0.2, 0) is 0 Å². The van der Waals surface area contributed by atoms with E-state index in [4.69, 9.17) is 5.11 Å². The average molecular weight is 198 g/mol. The first-order chi connectivity index (χ1) is 5.87. The van der Waals surface area contributed by atoms with E-state index in [1.807, 2.05) is 0 Å². The van der Waals surface area contributed by atoms with Gasteiger partial charge in [0.25, 0.3) is 0 Å². The Morgan fingerprint density at radius 2 is 2.15 bits per heavy atom. The van der Waals surface area contributed by atoms with Crippen LogP contribution in [-0.4, -0.2) is 36.0 Å². The standard InChI is InChI=1S/C6H9F3N2O2/c7-6(8,9)5(11-4(12)13)1-2-10-3-5/h10-11H,1-3H2,(H,12,13). The molecule has 0 spiro atoms. The molecule has 0 saturated carbocycles. The van der Waals surface area contributed by atoms with Crippen molar-refractivity contribution >= 4 is 6.09 Å². The number of alkyl halides is 3. The van der Waals surface area contributed by atoms with Crippen LogP contribution in [0.4, 0.5) is 18.0 Å². The molecule has 0 radical (unpaired) electrons. The zero-order valence-electron chi connectivity index (χ0n) is 6.61. The molecule has 1 aliphatic rings. The number of nitrogens with one attached hydrogen (secondary N) is 2. The van der Waals surface area contributed by atoms with E-state index in [0.29, 0.717) is 0 Å². The second-order valence-corrected chi connectivity index (χ2v) is 2.94. The van der Waals surface area contributed by atoms with Crippen molar-refractivity contribution in [1.29, 1.82) is 0 Å². The fourth-order valence-corrected chi connectivity index (χ4v) is 1.32. The number of rotatable bonds is 1. The molecule has 1 saturated heterocycles. The number of halogens is 3. The summed E-state index contributed by atoms with van der Waals surface area (Å²) in [6.07, 6.45) is -6.46. The van der Waals surface area contributed by atoms with Crippen LogP contribution in [0.3, 0.4) is 0 Å². The van der Waals surface area contributed by atoms with Crippen molar-refractivity contribution in [2.45, 2.75) is 18.1 Å². The maximum atomic E-state index is 12.4. The number of amides is 1. The molecular weight excluding hydrogens is 189 g/mol. The monoisotopic (exact) mass is 198 g/mol. The van der Waals surface area contributed by atoms with Crippen molar-refractivity contribution in [3.63, 3.8) is 0 Å². The predicted octanol–water partition coefficient (Wildman–Crippen LogP) is 0.548. The minimum Gasteiger partial charge on any atom is -0.465 e. The summed E-state index contributed by atoms with van der Waals surface area (Å²) in [6.45, 7) is -0.234. The van der Waals surface area contributed by atoms with E-state index >= 15 is 0 Å². The van der Waals surface area contributed by atoms with E-state index < -0.39 is 24.4 Å². The Hall–Kier alpha value is -0.980. The molecule has 3 N–H and O–H groups in total. The van der Waals surface area contributed by atoms with E-state index in [1.54, 1.807) is 0 Å². The molecule has 1 rings (SSSR count). The summed E-state index contributed by atoms with van der Waals surface area (Å²) in [5.41, 5.74) is -2.31. The van der Waals surface area contributed by atoms with Gasteiger partial charge in [0.2, 0.25) is 0 Å². The van der Waals surface area contributed by atoms with Gasteiger partial charge < -0.3 is 15.7 Å². The first kappa shape index (κ1) is 10.1. The Morgan fingerprint density at radius 3 is 2.46 bits per heavy atom. The van der Waals surface area contributed by atoms with Crippen LogP contribution in [0, 0.1) is 0 Å². The summed E-state index contributed by atoms with van der Waals surface area (Å²) < 4.78 is 37.2.